The molecule has 3 N–H and O–H groups in total. The topological polar surface area (TPSA) is 72.2 Å². The minimum atomic E-state index is -3.60. The molecule has 0 heterocycles. The van der Waals surface area contributed by atoms with Crippen LogP contribution in [0.2, 0.25) is 0 Å². The molecule has 2 unspecified atom stereocenters. The Bertz CT molecular complexity index is 1330. The van der Waals surface area contributed by atoms with E-state index in [0.717, 1.165) is 11.1 Å². The van der Waals surface area contributed by atoms with Crippen molar-refractivity contribution in [2.24, 2.45) is 5.73 Å². The van der Waals surface area contributed by atoms with E-state index >= 15 is 0 Å². The van der Waals surface area contributed by atoms with Crippen LogP contribution in [0.5, 0.6) is 0 Å². The first-order chi connectivity index (χ1) is 16.5. The van der Waals surface area contributed by atoms with Crippen molar-refractivity contribution in [2.75, 3.05) is 5.75 Å². The summed E-state index contributed by atoms with van der Waals surface area (Å²) in [6.45, 7) is 0. The van der Waals surface area contributed by atoms with Gasteiger partial charge in [0.2, 0.25) is 10.0 Å². The lowest BCUT2D eigenvalue weighted by molar-refractivity contribution is 0.502. The van der Waals surface area contributed by atoms with E-state index in [9.17, 15) is 8.42 Å². The van der Waals surface area contributed by atoms with Crippen molar-refractivity contribution < 1.29 is 8.42 Å². The van der Waals surface area contributed by atoms with Gasteiger partial charge in [0.1, 0.15) is 0 Å². The molecule has 4 aromatic rings. The van der Waals surface area contributed by atoms with Crippen LogP contribution >= 0.6 is 0 Å². The lowest BCUT2D eigenvalue weighted by Gasteiger charge is -2.26. The maximum Gasteiger partial charge on any atom is 0.212 e. The minimum absolute atomic E-state index is 0.0190. The first kappa shape index (κ1) is 22.5. The Morgan fingerprint density at radius 1 is 0.676 bits per heavy atom. The second kappa shape index (κ2) is 9.55. The summed E-state index contributed by atoms with van der Waals surface area (Å²) in [5.74, 6) is 0.0764. The number of benzene rings is 4. The molecule has 0 spiro atoms. The maximum atomic E-state index is 13.4. The Hall–Kier alpha value is -3.25. The molecule has 172 valence electrons. The quantitative estimate of drug-likeness (QED) is 0.356. The Kier molecular flexibility index (Phi) is 6.33. The van der Waals surface area contributed by atoms with Gasteiger partial charge in [-0.3, -0.25) is 0 Å². The Balaban J connectivity index is 1.39. The molecule has 1 aliphatic rings. The van der Waals surface area contributed by atoms with Crippen molar-refractivity contribution in [3.63, 3.8) is 0 Å². The largest absolute Gasteiger partial charge is 0.322 e. The molecule has 0 radical (unpaired) electrons. The molecule has 5 heteroatoms. The molecule has 4 aromatic carbocycles. The monoisotopic (exact) mass is 468 g/mol. The Morgan fingerprint density at radius 2 is 1.15 bits per heavy atom. The van der Waals surface area contributed by atoms with Gasteiger partial charge in [-0.2, -0.15) is 0 Å². The van der Waals surface area contributed by atoms with E-state index in [0.29, 0.717) is 6.42 Å². The second-order valence-corrected chi connectivity index (χ2v) is 10.7. The van der Waals surface area contributed by atoms with Crippen LogP contribution in [0.3, 0.4) is 0 Å². The molecule has 5 rings (SSSR count). The highest BCUT2D eigenvalue weighted by Crippen LogP contribution is 2.46. The van der Waals surface area contributed by atoms with Crippen molar-refractivity contribution in [2.45, 2.75) is 24.4 Å². The van der Waals surface area contributed by atoms with E-state index in [4.69, 9.17) is 5.73 Å². The molecule has 4 nitrogen and oxygen atoms in total. The summed E-state index contributed by atoms with van der Waals surface area (Å²) >= 11 is 0. The molecule has 0 aromatic heterocycles. The summed E-state index contributed by atoms with van der Waals surface area (Å²) in [5.41, 5.74) is 13.1. The van der Waals surface area contributed by atoms with Crippen LogP contribution in [0.25, 0.3) is 11.1 Å². The third-order valence-electron chi connectivity index (χ3n) is 6.65. The van der Waals surface area contributed by atoms with Crippen LogP contribution in [0.15, 0.2) is 109 Å². The van der Waals surface area contributed by atoms with Crippen LogP contribution in [0, 0.1) is 0 Å². The minimum Gasteiger partial charge on any atom is -0.322 e. The summed E-state index contributed by atoms with van der Waals surface area (Å²) < 4.78 is 29.7. The average Bonchev–Trinajstić information content (AvgIpc) is 3.20. The van der Waals surface area contributed by atoms with Gasteiger partial charge in [-0.25, -0.2) is 13.1 Å². The summed E-state index contributed by atoms with van der Waals surface area (Å²) in [5, 5.41) is 0. The lowest BCUT2D eigenvalue weighted by atomic mass is 9.94. The van der Waals surface area contributed by atoms with Gasteiger partial charge in [0, 0.05) is 5.92 Å². The van der Waals surface area contributed by atoms with Gasteiger partial charge in [-0.05, 0) is 39.8 Å². The van der Waals surface area contributed by atoms with Gasteiger partial charge < -0.3 is 5.73 Å². The zero-order chi connectivity index (χ0) is 23.5. The van der Waals surface area contributed by atoms with Crippen LogP contribution < -0.4 is 10.5 Å². The molecule has 2 atom stereocenters. The summed E-state index contributed by atoms with van der Waals surface area (Å²) in [7, 11) is -3.60. The number of hydrogen-bond donors (Lipinski definition) is 2. The van der Waals surface area contributed by atoms with Gasteiger partial charge in [0.25, 0.3) is 0 Å². The van der Waals surface area contributed by atoms with Gasteiger partial charge in [-0.1, -0.05) is 109 Å². The molecule has 0 saturated carbocycles. The van der Waals surface area contributed by atoms with Crippen LogP contribution in [-0.4, -0.2) is 14.2 Å². The fraction of sp³-hybridized carbons (Fsp3) is 0.172. The second-order valence-electron chi connectivity index (χ2n) is 8.78. The van der Waals surface area contributed by atoms with Gasteiger partial charge >= 0.3 is 0 Å². The highest BCUT2D eigenvalue weighted by Gasteiger charge is 2.31. The van der Waals surface area contributed by atoms with Crippen LogP contribution in [0.4, 0.5) is 0 Å². The summed E-state index contributed by atoms with van der Waals surface area (Å²) in [6.07, 6.45) is 0.505. The van der Waals surface area contributed by atoms with E-state index < -0.39 is 22.1 Å². The van der Waals surface area contributed by atoms with Gasteiger partial charge in [0.05, 0.1) is 17.8 Å². The van der Waals surface area contributed by atoms with Gasteiger partial charge in [-0.15, -0.1) is 0 Å². The SMILES string of the molecule is NC(c1ccccc1)C(NS(=O)(=O)CCC1c2ccccc2-c2ccccc21)c1ccccc1. The third kappa shape index (κ3) is 4.55. The first-order valence-corrected chi connectivity index (χ1v) is 13.2. The molecule has 0 fully saturated rings. The molecule has 0 saturated heterocycles. The van der Waals surface area contributed by atoms with Gasteiger partial charge in [0.15, 0.2) is 0 Å². The predicted octanol–water partition coefficient (Wildman–Crippen LogP) is 5.55. The fourth-order valence-corrected chi connectivity index (χ4v) is 6.31. The zero-order valence-electron chi connectivity index (χ0n) is 18.8. The number of nitrogens with one attached hydrogen (secondary N) is 1. The maximum absolute atomic E-state index is 13.4. The molecule has 34 heavy (non-hydrogen) atoms. The van der Waals surface area contributed by atoms with E-state index in [1.54, 1.807) is 0 Å². The van der Waals surface area contributed by atoms with Crippen molar-refractivity contribution in [3.05, 3.63) is 131 Å². The normalized spacial score (nSPS) is 14.9. The molecule has 0 amide bonds. The Morgan fingerprint density at radius 3 is 1.71 bits per heavy atom. The molecule has 0 aliphatic heterocycles. The van der Waals surface area contributed by atoms with Crippen molar-refractivity contribution in [1.29, 1.82) is 0 Å². The van der Waals surface area contributed by atoms with Crippen LogP contribution in [-0.2, 0) is 10.0 Å². The van der Waals surface area contributed by atoms with E-state index in [-0.39, 0.29) is 11.7 Å². The van der Waals surface area contributed by atoms with E-state index in [2.05, 4.69) is 29.0 Å². The number of hydrogen-bond acceptors (Lipinski definition) is 3. The third-order valence-corrected chi connectivity index (χ3v) is 8.03. The van der Waals surface area contributed by atoms with Crippen molar-refractivity contribution >= 4 is 10.0 Å². The summed E-state index contributed by atoms with van der Waals surface area (Å²) in [4.78, 5) is 0. The first-order valence-electron chi connectivity index (χ1n) is 11.6. The number of sulfonamides is 1. The molecular weight excluding hydrogens is 440 g/mol. The Labute approximate surface area is 201 Å². The van der Waals surface area contributed by atoms with Crippen molar-refractivity contribution in [3.8, 4) is 11.1 Å². The zero-order valence-corrected chi connectivity index (χ0v) is 19.7. The standard InChI is InChI=1S/C29H28N2O2S/c30-28(21-11-3-1-4-12-21)29(22-13-5-2-6-14-22)31-34(32,33)20-19-27-25-17-9-7-15-23(25)24-16-8-10-18-26(24)27/h1-18,27-29,31H,19-20,30H2. The average molecular weight is 469 g/mol. The smallest absolute Gasteiger partial charge is 0.212 e. The number of fused-ring (bicyclic) bond motifs is 3. The molecule has 1 aliphatic carbocycles. The summed E-state index contributed by atoms with van der Waals surface area (Å²) in [6, 6.07) is 34.7. The molecular formula is C29H28N2O2S. The van der Waals surface area contributed by atoms with E-state index in [1.165, 1.54) is 22.3 Å². The van der Waals surface area contributed by atoms with Crippen molar-refractivity contribution in [1.82, 2.24) is 4.72 Å². The van der Waals surface area contributed by atoms with E-state index in [1.807, 2.05) is 84.9 Å². The number of rotatable bonds is 8. The molecule has 0 bridgehead atoms. The fourth-order valence-electron chi connectivity index (χ4n) is 4.97. The predicted molar refractivity (Wildman–Crippen MR) is 138 cm³/mol. The van der Waals surface area contributed by atoms with Crippen LogP contribution in [0.1, 0.15) is 46.7 Å². The lowest BCUT2D eigenvalue weighted by Crippen LogP contribution is -2.37. The highest BCUT2D eigenvalue weighted by atomic mass is 32.2. The highest BCUT2D eigenvalue weighted by molar-refractivity contribution is 7.89. The number of nitrogens with two attached hydrogens (primary N) is 1.